The molecule has 20 heavy (non-hydrogen) atoms. The van der Waals surface area contributed by atoms with E-state index in [2.05, 4.69) is 25.8 Å². The highest BCUT2D eigenvalue weighted by Gasteiger charge is 2.26. The molecule has 2 N–H and O–H groups in total. The molecule has 1 aliphatic rings. The van der Waals surface area contributed by atoms with Gasteiger partial charge in [0.25, 0.3) is 0 Å². The van der Waals surface area contributed by atoms with Gasteiger partial charge in [-0.05, 0) is 31.9 Å². The number of aromatic nitrogens is 4. The Balaban J connectivity index is 1.98. The Morgan fingerprint density at radius 2 is 2.05 bits per heavy atom. The molecule has 0 aromatic carbocycles. The van der Waals surface area contributed by atoms with Gasteiger partial charge >= 0.3 is 0 Å². The van der Waals surface area contributed by atoms with E-state index in [0.29, 0.717) is 23.4 Å². The van der Waals surface area contributed by atoms with Crippen molar-refractivity contribution in [2.75, 3.05) is 19.1 Å². The molecular formula is C13H19N5OS. The molecule has 2 aromatic heterocycles. The first-order valence-corrected chi connectivity index (χ1v) is 8.08. The third kappa shape index (κ3) is 2.19. The van der Waals surface area contributed by atoms with Gasteiger partial charge in [-0.25, -0.2) is 9.97 Å². The van der Waals surface area contributed by atoms with Crippen molar-refractivity contribution in [2.45, 2.75) is 37.0 Å². The number of fused-ring (bicyclic) bond motifs is 1. The Labute approximate surface area is 122 Å². The lowest BCUT2D eigenvalue weighted by Gasteiger charge is -2.28. The summed E-state index contributed by atoms with van der Waals surface area (Å²) < 4.78 is 7.28. The van der Waals surface area contributed by atoms with Gasteiger partial charge in [0.1, 0.15) is 6.33 Å². The maximum Gasteiger partial charge on any atom is 0.245 e. The van der Waals surface area contributed by atoms with Gasteiger partial charge in [0.15, 0.2) is 11.2 Å². The zero-order chi connectivity index (χ0) is 14.1. The summed E-state index contributed by atoms with van der Waals surface area (Å²) in [6.07, 6.45) is 8.36. The van der Waals surface area contributed by atoms with Crippen molar-refractivity contribution in [1.29, 1.82) is 0 Å². The zero-order valence-electron chi connectivity index (χ0n) is 11.7. The fourth-order valence-electron chi connectivity index (χ4n) is 2.95. The van der Waals surface area contributed by atoms with Crippen LogP contribution < -0.4 is 10.5 Å². The fraction of sp³-hybridized carbons (Fsp3) is 0.615. The van der Waals surface area contributed by atoms with Crippen LogP contribution >= 0.6 is 11.8 Å². The van der Waals surface area contributed by atoms with Crippen LogP contribution in [0.3, 0.4) is 0 Å². The number of hydrogen-bond donors (Lipinski definition) is 1. The Bertz CT molecular complexity index is 606. The van der Waals surface area contributed by atoms with Crippen molar-refractivity contribution in [1.82, 2.24) is 19.5 Å². The highest BCUT2D eigenvalue weighted by Crippen LogP contribution is 2.37. The van der Waals surface area contributed by atoms with Gasteiger partial charge in [-0.15, -0.1) is 0 Å². The summed E-state index contributed by atoms with van der Waals surface area (Å²) in [5.74, 6) is 0.990. The molecule has 2 heterocycles. The number of ether oxygens (including phenoxy) is 1. The van der Waals surface area contributed by atoms with Crippen LogP contribution in [-0.2, 0) is 0 Å². The van der Waals surface area contributed by atoms with Crippen LogP contribution in [0.4, 0.5) is 5.95 Å². The number of imidazole rings is 1. The van der Waals surface area contributed by atoms with Crippen LogP contribution in [0.25, 0.3) is 11.2 Å². The second-order valence-electron chi connectivity index (χ2n) is 5.06. The van der Waals surface area contributed by atoms with Gasteiger partial charge in [0.05, 0.1) is 7.11 Å². The molecule has 0 unspecified atom stereocenters. The summed E-state index contributed by atoms with van der Waals surface area (Å²) in [4.78, 5) is 12.8. The maximum absolute atomic E-state index is 6.10. The summed E-state index contributed by atoms with van der Waals surface area (Å²) >= 11 is 1.96. The molecule has 1 fully saturated rings. The Hall–Kier alpha value is -1.50. The number of methoxy groups -OCH3 is 1. The first-order valence-electron chi connectivity index (χ1n) is 6.79. The molecule has 0 saturated heterocycles. The van der Waals surface area contributed by atoms with E-state index >= 15 is 0 Å². The molecule has 3 rings (SSSR count). The minimum Gasteiger partial charge on any atom is -0.479 e. The smallest absolute Gasteiger partial charge is 0.245 e. The van der Waals surface area contributed by atoms with Crippen molar-refractivity contribution in [3.8, 4) is 5.88 Å². The lowest BCUT2D eigenvalue weighted by Crippen LogP contribution is -2.20. The van der Waals surface area contributed by atoms with E-state index < -0.39 is 0 Å². The standard InChI is InChI=1S/C13H19N5OS/c1-19-12-10-11(15-7-16-12)18(13(14)17-10)8-3-5-9(20-2)6-4-8/h7-9H,3-6H2,1-2H3,(H2,14,17). The number of nitrogen functional groups attached to an aromatic ring is 1. The molecule has 0 spiro atoms. The van der Waals surface area contributed by atoms with Crippen LogP contribution in [0.2, 0.25) is 0 Å². The van der Waals surface area contributed by atoms with Crippen molar-refractivity contribution in [3.05, 3.63) is 6.33 Å². The minimum atomic E-state index is 0.378. The fourth-order valence-corrected chi connectivity index (χ4v) is 3.70. The minimum absolute atomic E-state index is 0.378. The molecule has 1 aliphatic carbocycles. The number of anilines is 1. The SMILES string of the molecule is COc1ncnc2c1nc(N)n2C1CCC(SC)CC1. The summed E-state index contributed by atoms with van der Waals surface area (Å²) in [7, 11) is 1.58. The van der Waals surface area contributed by atoms with Crippen LogP contribution in [0.5, 0.6) is 5.88 Å². The van der Waals surface area contributed by atoms with Crippen LogP contribution in [-0.4, -0.2) is 38.1 Å². The monoisotopic (exact) mass is 293 g/mol. The first kappa shape index (κ1) is 13.5. The first-order chi connectivity index (χ1) is 9.74. The van der Waals surface area contributed by atoms with E-state index in [1.807, 2.05) is 11.8 Å². The van der Waals surface area contributed by atoms with Gasteiger partial charge < -0.3 is 10.5 Å². The Morgan fingerprint density at radius 1 is 1.30 bits per heavy atom. The van der Waals surface area contributed by atoms with E-state index in [0.717, 1.165) is 23.7 Å². The second kappa shape index (κ2) is 5.47. The van der Waals surface area contributed by atoms with E-state index in [9.17, 15) is 0 Å². The predicted molar refractivity (Wildman–Crippen MR) is 81.1 cm³/mol. The van der Waals surface area contributed by atoms with Crippen molar-refractivity contribution >= 4 is 28.9 Å². The molecule has 6 nitrogen and oxygen atoms in total. The normalized spacial score (nSPS) is 23.1. The van der Waals surface area contributed by atoms with Crippen LogP contribution in [0, 0.1) is 0 Å². The lowest BCUT2D eigenvalue weighted by molar-refractivity contribution is 0.368. The highest BCUT2D eigenvalue weighted by molar-refractivity contribution is 7.99. The molecule has 2 aromatic rings. The molecule has 0 aliphatic heterocycles. The molecule has 0 radical (unpaired) electrons. The molecule has 7 heteroatoms. The van der Waals surface area contributed by atoms with Crippen LogP contribution in [0.15, 0.2) is 6.33 Å². The molecule has 0 amide bonds. The zero-order valence-corrected chi connectivity index (χ0v) is 12.6. The largest absolute Gasteiger partial charge is 0.479 e. The average molecular weight is 293 g/mol. The van der Waals surface area contributed by atoms with E-state index in [1.165, 1.54) is 19.2 Å². The number of thioether (sulfide) groups is 1. The number of nitrogens with two attached hydrogens (primary N) is 1. The Morgan fingerprint density at radius 3 is 2.70 bits per heavy atom. The molecule has 0 atom stereocenters. The maximum atomic E-state index is 6.10. The third-order valence-electron chi connectivity index (χ3n) is 4.01. The van der Waals surface area contributed by atoms with E-state index in [1.54, 1.807) is 7.11 Å². The van der Waals surface area contributed by atoms with Gasteiger partial charge in [-0.2, -0.15) is 16.7 Å². The lowest BCUT2D eigenvalue weighted by atomic mass is 9.95. The quantitative estimate of drug-likeness (QED) is 0.935. The number of rotatable bonds is 3. The van der Waals surface area contributed by atoms with E-state index in [4.69, 9.17) is 10.5 Å². The summed E-state index contributed by atoms with van der Waals surface area (Å²) in [6, 6.07) is 0.378. The van der Waals surface area contributed by atoms with Gasteiger partial charge in [-0.3, -0.25) is 4.57 Å². The predicted octanol–water partition coefficient (Wildman–Crippen LogP) is 2.26. The van der Waals surface area contributed by atoms with Crippen LogP contribution in [0.1, 0.15) is 31.7 Å². The molecule has 0 bridgehead atoms. The summed E-state index contributed by atoms with van der Waals surface area (Å²) in [5, 5.41) is 0.770. The second-order valence-corrected chi connectivity index (χ2v) is 6.20. The van der Waals surface area contributed by atoms with Gasteiger partial charge in [0.2, 0.25) is 11.8 Å². The summed E-state index contributed by atoms with van der Waals surface area (Å²) in [6.45, 7) is 0. The third-order valence-corrected chi connectivity index (χ3v) is 5.14. The van der Waals surface area contributed by atoms with Crippen molar-refractivity contribution in [3.63, 3.8) is 0 Å². The van der Waals surface area contributed by atoms with E-state index in [-0.39, 0.29) is 0 Å². The molecule has 108 valence electrons. The number of nitrogens with zero attached hydrogens (tertiary/aromatic N) is 4. The molecule has 1 saturated carbocycles. The molecular weight excluding hydrogens is 274 g/mol. The Kier molecular flexibility index (Phi) is 3.69. The van der Waals surface area contributed by atoms with Crippen molar-refractivity contribution in [2.24, 2.45) is 0 Å². The highest BCUT2D eigenvalue weighted by atomic mass is 32.2. The topological polar surface area (TPSA) is 78.8 Å². The van der Waals surface area contributed by atoms with Gasteiger partial charge in [0, 0.05) is 11.3 Å². The average Bonchev–Trinajstić information content (AvgIpc) is 2.83. The number of hydrogen-bond acceptors (Lipinski definition) is 6. The summed E-state index contributed by atoms with van der Waals surface area (Å²) in [5.41, 5.74) is 7.53. The van der Waals surface area contributed by atoms with Crippen molar-refractivity contribution < 1.29 is 4.74 Å². The van der Waals surface area contributed by atoms with Gasteiger partial charge in [-0.1, -0.05) is 0 Å².